The molecule has 0 aromatic rings. The smallest absolute Gasteiger partial charge is 0.309 e. The maximum absolute atomic E-state index is 11.6. The maximum atomic E-state index is 11.6. The monoisotopic (exact) mass is 252 g/mol. The van der Waals surface area contributed by atoms with Crippen LogP contribution in [0.25, 0.3) is 0 Å². The van der Waals surface area contributed by atoms with Gasteiger partial charge in [0.2, 0.25) is 0 Å². The van der Waals surface area contributed by atoms with Gasteiger partial charge in [-0.25, -0.2) is 0 Å². The average molecular weight is 252 g/mol. The fourth-order valence-corrected chi connectivity index (χ4v) is 4.49. The number of rotatable bonds is 5. The van der Waals surface area contributed by atoms with Crippen molar-refractivity contribution in [1.29, 1.82) is 0 Å². The average Bonchev–Trinajstić information content (AvgIpc) is 2.76. The summed E-state index contributed by atoms with van der Waals surface area (Å²) in [5.41, 5.74) is -0.592. The predicted octanol–water partition coefficient (Wildman–Crippen LogP) is 2.82. The number of carbonyl (C=O) groups is 1. The molecule has 0 aromatic heterocycles. The van der Waals surface area contributed by atoms with Crippen molar-refractivity contribution in [3.05, 3.63) is 0 Å². The molecule has 0 amide bonds. The number of aliphatic hydroxyl groups is 1. The van der Waals surface area contributed by atoms with Crippen LogP contribution in [0.2, 0.25) is 0 Å². The van der Waals surface area contributed by atoms with E-state index >= 15 is 0 Å². The van der Waals surface area contributed by atoms with Gasteiger partial charge in [-0.15, -0.1) is 0 Å². The van der Waals surface area contributed by atoms with Gasteiger partial charge >= 0.3 is 5.97 Å². The molecule has 3 heteroatoms. The molecule has 3 aliphatic carbocycles. The van der Waals surface area contributed by atoms with E-state index in [2.05, 4.69) is 0 Å². The first-order chi connectivity index (χ1) is 8.59. The normalized spacial score (nSPS) is 40.7. The van der Waals surface area contributed by atoms with Gasteiger partial charge in [0, 0.05) is 0 Å². The number of hydrogen-bond donors (Lipinski definition) is 2. The first-order valence-corrected chi connectivity index (χ1v) is 7.50. The Kier molecular flexibility index (Phi) is 3.13. The lowest BCUT2D eigenvalue weighted by molar-refractivity contribution is -0.151. The highest BCUT2D eigenvalue weighted by atomic mass is 16.4. The number of fused-ring (bicyclic) bond motifs is 1. The molecule has 0 saturated heterocycles. The van der Waals surface area contributed by atoms with E-state index in [0.717, 1.165) is 19.3 Å². The van der Waals surface area contributed by atoms with E-state index in [9.17, 15) is 15.0 Å². The number of carboxylic acid groups (broad SMARTS) is 1. The second-order valence-electron chi connectivity index (χ2n) is 6.99. The topological polar surface area (TPSA) is 57.5 Å². The molecule has 0 heterocycles. The van der Waals surface area contributed by atoms with Crippen molar-refractivity contribution in [1.82, 2.24) is 0 Å². The largest absolute Gasteiger partial charge is 0.481 e. The zero-order valence-electron chi connectivity index (χ0n) is 11.0. The highest BCUT2D eigenvalue weighted by molar-refractivity contribution is 5.75. The van der Waals surface area contributed by atoms with E-state index in [-0.39, 0.29) is 0 Å². The Hall–Kier alpha value is -0.570. The van der Waals surface area contributed by atoms with Crippen LogP contribution in [0.15, 0.2) is 0 Å². The summed E-state index contributed by atoms with van der Waals surface area (Å²) in [6, 6.07) is 0. The molecule has 3 nitrogen and oxygen atoms in total. The lowest BCUT2D eigenvalue weighted by Crippen LogP contribution is -2.34. The van der Waals surface area contributed by atoms with E-state index in [0.29, 0.717) is 24.2 Å². The van der Waals surface area contributed by atoms with Crippen LogP contribution in [0, 0.1) is 23.2 Å². The van der Waals surface area contributed by atoms with Gasteiger partial charge in [0.05, 0.1) is 11.5 Å². The molecule has 2 N–H and O–H groups in total. The molecule has 0 aliphatic heterocycles. The van der Waals surface area contributed by atoms with Crippen LogP contribution < -0.4 is 0 Å². The summed E-state index contributed by atoms with van der Waals surface area (Å²) in [6.45, 7) is 0. The lowest BCUT2D eigenvalue weighted by atomic mass is 9.76. The minimum absolute atomic E-state index is 0.401. The van der Waals surface area contributed by atoms with Crippen molar-refractivity contribution in [2.45, 2.75) is 63.9 Å². The second-order valence-corrected chi connectivity index (χ2v) is 6.99. The molecule has 3 rings (SSSR count). The van der Waals surface area contributed by atoms with Gasteiger partial charge in [-0.05, 0) is 49.9 Å². The van der Waals surface area contributed by atoms with Crippen LogP contribution in [0.3, 0.4) is 0 Å². The Bertz CT molecular complexity index is 323. The summed E-state index contributed by atoms with van der Waals surface area (Å²) >= 11 is 0. The zero-order chi connectivity index (χ0) is 12.8. The van der Waals surface area contributed by atoms with E-state index in [1.54, 1.807) is 0 Å². The zero-order valence-corrected chi connectivity index (χ0v) is 11.0. The summed E-state index contributed by atoms with van der Waals surface area (Å²) in [7, 11) is 0. The van der Waals surface area contributed by atoms with E-state index in [1.807, 2.05) is 0 Å². The van der Waals surface area contributed by atoms with Gasteiger partial charge in [0.1, 0.15) is 0 Å². The first-order valence-electron chi connectivity index (χ1n) is 7.50. The maximum Gasteiger partial charge on any atom is 0.309 e. The Labute approximate surface area is 109 Å². The molecule has 18 heavy (non-hydrogen) atoms. The molecule has 3 saturated carbocycles. The summed E-state index contributed by atoms with van der Waals surface area (Å²) in [5.74, 6) is 1.28. The number of aliphatic hydroxyl groups excluding tert-OH is 1. The summed E-state index contributed by atoms with van der Waals surface area (Å²) < 4.78 is 0. The molecule has 0 radical (unpaired) electrons. The van der Waals surface area contributed by atoms with Crippen molar-refractivity contribution in [2.75, 3.05) is 0 Å². The third-order valence-corrected chi connectivity index (χ3v) is 5.54. The Balaban J connectivity index is 1.57. The van der Waals surface area contributed by atoms with E-state index < -0.39 is 17.5 Å². The first kappa shape index (κ1) is 12.5. The number of hydrogen-bond acceptors (Lipinski definition) is 2. The van der Waals surface area contributed by atoms with Gasteiger partial charge in [0.15, 0.2) is 0 Å². The minimum Gasteiger partial charge on any atom is -0.481 e. The van der Waals surface area contributed by atoms with Crippen molar-refractivity contribution >= 4 is 5.97 Å². The Morgan fingerprint density at radius 1 is 1.22 bits per heavy atom. The molecule has 3 aliphatic rings. The highest BCUT2D eigenvalue weighted by Gasteiger charge is 2.57. The Morgan fingerprint density at radius 2 is 1.83 bits per heavy atom. The quantitative estimate of drug-likeness (QED) is 0.791. The standard InChI is InChI=1S/C15H24O3/c16-13(5-10-3-1-2-4-10)9-15(14(17)18)7-11-6-12(11)8-15/h10-13,16H,1-9H2,(H,17,18). The van der Waals surface area contributed by atoms with Gasteiger partial charge < -0.3 is 10.2 Å². The van der Waals surface area contributed by atoms with Crippen LogP contribution in [-0.4, -0.2) is 22.3 Å². The van der Waals surface area contributed by atoms with Gasteiger partial charge in [-0.3, -0.25) is 4.79 Å². The molecule has 3 atom stereocenters. The van der Waals surface area contributed by atoms with Crippen LogP contribution >= 0.6 is 0 Å². The van der Waals surface area contributed by atoms with Crippen molar-refractivity contribution in [2.24, 2.45) is 23.2 Å². The molecule has 0 bridgehead atoms. The van der Waals surface area contributed by atoms with Crippen LogP contribution in [0.4, 0.5) is 0 Å². The fraction of sp³-hybridized carbons (Fsp3) is 0.933. The van der Waals surface area contributed by atoms with Crippen LogP contribution in [0.1, 0.15) is 57.8 Å². The molecular formula is C15H24O3. The van der Waals surface area contributed by atoms with Crippen molar-refractivity contribution < 1.29 is 15.0 Å². The summed E-state index contributed by atoms with van der Waals surface area (Å²) in [4.78, 5) is 11.6. The van der Waals surface area contributed by atoms with Crippen LogP contribution in [-0.2, 0) is 4.79 Å². The highest BCUT2D eigenvalue weighted by Crippen LogP contribution is 2.61. The van der Waals surface area contributed by atoms with Gasteiger partial charge in [-0.1, -0.05) is 25.7 Å². The molecule has 0 spiro atoms. The van der Waals surface area contributed by atoms with E-state index in [4.69, 9.17) is 0 Å². The molecule has 3 unspecified atom stereocenters. The summed E-state index contributed by atoms with van der Waals surface area (Å²) in [5, 5.41) is 19.7. The van der Waals surface area contributed by atoms with Crippen molar-refractivity contribution in [3.63, 3.8) is 0 Å². The van der Waals surface area contributed by atoms with Gasteiger partial charge in [-0.2, -0.15) is 0 Å². The molecule has 3 fully saturated rings. The third kappa shape index (κ3) is 2.29. The third-order valence-electron chi connectivity index (χ3n) is 5.54. The Morgan fingerprint density at radius 3 is 2.39 bits per heavy atom. The second kappa shape index (κ2) is 4.52. The molecule has 0 aromatic carbocycles. The van der Waals surface area contributed by atoms with Crippen molar-refractivity contribution in [3.8, 4) is 0 Å². The molecular weight excluding hydrogens is 228 g/mol. The van der Waals surface area contributed by atoms with Gasteiger partial charge in [0.25, 0.3) is 0 Å². The minimum atomic E-state index is -0.667. The fourth-order valence-electron chi connectivity index (χ4n) is 4.49. The SMILES string of the molecule is O=C(O)C1(CC(O)CC2CCCC2)CC2CC2C1. The molecule has 102 valence electrons. The summed E-state index contributed by atoms with van der Waals surface area (Å²) in [6.07, 6.45) is 8.79. The predicted molar refractivity (Wildman–Crippen MR) is 68.1 cm³/mol. The van der Waals surface area contributed by atoms with E-state index in [1.165, 1.54) is 32.1 Å². The number of aliphatic carboxylic acids is 1. The lowest BCUT2D eigenvalue weighted by Gasteiger charge is -2.29. The van der Waals surface area contributed by atoms with Crippen LogP contribution in [0.5, 0.6) is 0 Å². The number of carboxylic acids is 1.